The molecule has 0 radical (unpaired) electrons. The summed E-state index contributed by atoms with van der Waals surface area (Å²) in [5.74, 6) is -3.40. The molecule has 4 aromatic rings. The van der Waals surface area contributed by atoms with Crippen molar-refractivity contribution in [3.8, 4) is 0 Å². The second-order valence-electron chi connectivity index (χ2n) is 15.2. The van der Waals surface area contributed by atoms with Gasteiger partial charge >= 0.3 is 12.1 Å². The Bertz CT molecular complexity index is 2240. The number of nitrogens with zero attached hydrogens (tertiary/aromatic N) is 1. The van der Waals surface area contributed by atoms with Crippen molar-refractivity contribution in [1.82, 2.24) is 56.7 Å². The Morgan fingerprint density at radius 1 is 0.689 bits per heavy atom. The second kappa shape index (κ2) is 20.1. The molecule has 21 heteroatoms. The molecule has 0 spiro atoms. The third-order valence-corrected chi connectivity index (χ3v) is 9.27. The Morgan fingerprint density at radius 2 is 1.18 bits per heavy atom. The number of hydrogen-bond donors (Lipinski definition) is 10. The SMILES string of the molecule is COC(=O)c1ccc(CNC(=O)c2ccc(CNC(=O)[C@H](C)NC(=O)CNC(=O)[C@H]3CCCN3C(=O)c3ccc(CNC(=O)c4ccc(CNC(=O)OC(C)(C)C)[nH]4)[nH]3)[nH]2)[nH]1. The van der Waals surface area contributed by atoms with E-state index in [2.05, 4.69) is 56.6 Å². The van der Waals surface area contributed by atoms with E-state index in [0.29, 0.717) is 42.2 Å². The number of ether oxygens (including phenoxy) is 2. The van der Waals surface area contributed by atoms with Crippen molar-refractivity contribution >= 4 is 47.5 Å². The van der Waals surface area contributed by atoms with Gasteiger partial charge in [0.15, 0.2) is 0 Å². The van der Waals surface area contributed by atoms with Gasteiger partial charge in [0.25, 0.3) is 17.7 Å². The summed E-state index contributed by atoms with van der Waals surface area (Å²) >= 11 is 0. The highest BCUT2D eigenvalue weighted by atomic mass is 16.6. The molecule has 21 nitrogen and oxygen atoms in total. The van der Waals surface area contributed by atoms with Gasteiger partial charge in [-0.2, -0.15) is 0 Å². The molecule has 61 heavy (non-hydrogen) atoms. The Hall–Kier alpha value is -7.32. The highest BCUT2D eigenvalue weighted by molar-refractivity contribution is 5.98. The van der Waals surface area contributed by atoms with E-state index < -0.39 is 71.7 Å². The number of nitrogens with one attached hydrogen (secondary N) is 10. The molecule has 10 N–H and O–H groups in total. The molecule has 0 saturated carbocycles. The zero-order valence-electron chi connectivity index (χ0n) is 34.5. The maximum Gasteiger partial charge on any atom is 0.407 e. The number of alkyl carbamates (subject to hydrolysis) is 1. The molecule has 2 atom stereocenters. The number of methoxy groups -OCH3 is 1. The highest BCUT2D eigenvalue weighted by Gasteiger charge is 2.35. The van der Waals surface area contributed by atoms with E-state index >= 15 is 0 Å². The van der Waals surface area contributed by atoms with Crippen molar-refractivity contribution in [2.45, 2.75) is 84.4 Å². The molecular formula is C40H51N11O10. The molecule has 326 valence electrons. The van der Waals surface area contributed by atoms with E-state index in [1.54, 1.807) is 69.3 Å². The summed E-state index contributed by atoms with van der Waals surface area (Å²) in [4.78, 5) is 114. The van der Waals surface area contributed by atoms with Crippen LogP contribution in [-0.4, -0.2) is 110 Å². The quantitative estimate of drug-likeness (QED) is 0.0678. The number of likely N-dealkylation sites (tertiary alicyclic amines) is 1. The molecule has 7 amide bonds. The zero-order chi connectivity index (χ0) is 44.3. The van der Waals surface area contributed by atoms with Gasteiger partial charge in [-0.1, -0.05) is 0 Å². The lowest BCUT2D eigenvalue weighted by atomic mass is 10.2. The normalized spacial score (nSPS) is 14.0. The van der Waals surface area contributed by atoms with E-state index in [9.17, 15) is 38.4 Å². The van der Waals surface area contributed by atoms with Crippen molar-refractivity contribution < 1.29 is 47.8 Å². The summed E-state index contributed by atoms with van der Waals surface area (Å²) in [5, 5.41) is 15.9. The molecule has 5 rings (SSSR count). The minimum absolute atomic E-state index is 0.0386. The summed E-state index contributed by atoms with van der Waals surface area (Å²) in [5.41, 5.74) is 2.64. The predicted molar refractivity (Wildman–Crippen MR) is 216 cm³/mol. The average Bonchev–Trinajstić information content (AvgIpc) is 4.08. The van der Waals surface area contributed by atoms with Gasteiger partial charge in [-0.15, -0.1) is 0 Å². The third kappa shape index (κ3) is 12.8. The fourth-order valence-electron chi connectivity index (χ4n) is 6.23. The van der Waals surface area contributed by atoms with Gasteiger partial charge in [0, 0.05) is 29.3 Å². The van der Waals surface area contributed by atoms with Crippen LogP contribution in [0.4, 0.5) is 4.79 Å². The molecule has 0 aromatic carbocycles. The van der Waals surface area contributed by atoms with Gasteiger partial charge in [0.2, 0.25) is 17.7 Å². The Morgan fingerprint density at radius 3 is 1.74 bits per heavy atom. The van der Waals surface area contributed by atoms with E-state index in [1.807, 2.05) is 0 Å². The third-order valence-electron chi connectivity index (χ3n) is 9.27. The number of rotatable bonds is 17. The van der Waals surface area contributed by atoms with Crippen LogP contribution in [0.25, 0.3) is 0 Å². The number of aromatic nitrogens is 4. The Balaban J connectivity index is 0.998. The number of hydrogen-bond acceptors (Lipinski definition) is 10. The number of amides is 7. The summed E-state index contributed by atoms with van der Waals surface area (Å²) in [6.45, 7) is 7.03. The summed E-state index contributed by atoms with van der Waals surface area (Å²) < 4.78 is 9.87. The topological polar surface area (TPSA) is 294 Å². The Labute approximate surface area is 350 Å². The first-order valence-corrected chi connectivity index (χ1v) is 19.5. The molecular weight excluding hydrogens is 795 g/mol. The summed E-state index contributed by atoms with van der Waals surface area (Å²) in [6.07, 6.45) is 0.377. The molecule has 1 aliphatic heterocycles. The number of carbonyl (C=O) groups is 8. The van der Waals surface area contributed by atoms with Gasteiger partial charge in [0.1, 0.15) is 40.5 Å². The molecule has 1 fully saturated rings. The highest BCUT2D eigenvalue weighted by Crippen LogP contribution is 2.20. The van der Waals surface area contributed by atoms with Crippen LogP contribution < -0.4 is 31.9 Å². The first-order valence-electron chi connectivity index (χ1n) is 19.5. The van der Waals surface area contributed by atoms with E-state index in [-0.39, 0.29) is 49.0 Å². The number of H-pyrrole nitrogens is 4. The van der Waals surface area contributed by atoms with E-state index in [1.165, 1.54) is 18.9 Å². The largest absolute Gasteiger partial charge is 0.464 e. The van der Waals surface area contributed by atoms with E-state index in [4.69, 9.17) is 4.74 Å². The maximum atomic E-state index is 13.4. The molecule has 0 aliphatic carbocycles. The van der Waals surface area contributed by atoms with Gasteiger partial charge < -0.3 is 66.2 Å². The number of carbonyl (C=O) groups excluding carboxylic acids is 8. The summed E-state index contributed by atoms with van der Waals surface area (Å²) in [7, 11) is 1.27. The molecule has 5 heterocycles. The fraction of sp³-hybridized carbons (Fsp3) is 0.400. The van der Waals surface area contributed by atoms with Crippen LogP contribution in [0.15, 0.2) is 48.5 Å². The number of aromatic amines is 4. The van der Waals surface area contributed by atoms with Crippen LogP contribution in [0, 0.1) is 0 Å². The number of esters is 1. The smallest absolute Gasteiger partial charge is 0.407 e. The van der Waals surface area contributed by atoms with Crippen LogP contribution in [-0.2, 0) is 50.0 Å². The van der Waals surface area contributed by atoms with Crippen molar-refractivity contribution in [2.75, 3.05) is 20.2 Å². The monoisotopic (exact) mass is 845 g/mol. The standard InChI is InChI=1S/C40H51N11O10/c1-22(33(53)41-17-23-8-12-27(47-23)34(54)43-19-25-11-15-30(50-25)38(58)60-5)46-32(52)21-44-36(56)31-7-6-16-51(31)37(57)29-14-10-24(49-29)18-42-35(55)28-13-9-26(48-28)20-45-39(59)61-40(2,3)4/h8-15,22,31,47-50H,6-7,16-21H2,1-5H3,(H,41,53)(H,42,55)(H,43,54)(H,44,56)(H,45,59)(H,46,52)/t22-,31+/m0/s1. The Kier molecular flexibility index (Phi) is 14.7. The predicted octanol–water partition coefficient (Wildman–Crippen LogP) is 1.21. The average molecular weight is 846 g/mol. The van der Waals surface area contributed by atoms with Gasteiger partial charge in [0.05, 0.1) is 39.8 Å². The maximum absolute atomic E-state index is 13.4. The minimum Gasteiger partial charge on any atom is -0.464 e. The van der Waals surface area contributed by atoms with Gasteiger partial charge in [-0.3, -0.25) is 28.8 Å². The van der Waals surface area contributed by atoms with Crippen molar-refractivity contribution in [2.24, 2.45) is 0 Å². The van der Waals surface area contributed by atoms with Crippen LogP contribution in [0.3, 0.4) is 0 Å². The fourth-order valence-corrected chi connectivity index (χ4v) is 6.23. The van der Waals surface area contributed by atoms with Gasteiger partial charge in [-0.25, -0.2) is 9.59 Å². The van der Waals surface area contributed by atoms with Gasteiger partial charge in [-0.05, 0) is 89.1 Å². The van der Waals surface area contributed by atoms with Crippen LogP contribution in [0.1, 0.15) is 105 Å². The first-order chi connectivity index (χ1) is 29.0. The zero-order valence-corrected chi connectivity index (χ0v) is 34.5. The van der Waals surface area contributed by atoms with Crippen LogP contribution in [0.5, 0.6) is 0 Å². The van der Waals surface area contributed by atoms with Crippen LogP contribution in [0.2, 0.25) is 0 Å². The lowest BCUT2D eigenvalue weighted by Gasteiger charge is -2.23. The molecule has 4 aromatic heterocycles. The van der Waals surface area contributed by atoms with Crippen molar-refractivity contribution in [3.63, 3.8) is 0 Å². The molecule has 0 bridgehead atoms. The molecule has 0 unspecified atom stereocenters. The van der Waals surface area contributed by atoms with Crippen molar-refractivity contribution in [1.29, 1.82) is 0 Å². The lowest BCUT2D eigenvalue weighted by Crippen LogP contribution is -2.51. The van der Waals surface area contributed by atoms with Crippen LogP contribution >= 0.6 is 0 Å². The van der Waals surface area contributed by atoms with E-state index in [0.717, 1.165) is 0 Å². The first kappa shape index (κ1) is 44.8. The lowest BCUT2D eigenvalue weighted by molar-refractivity contribution is -0.130. The second-order valence-corrected chi connectivity index (χ2v) is 15.2. The summed E-state index contributed by atoms with van der Waals surface area (Å²) in [6, 6.07) is 11.1. The molecule has 1 saturated heterocycles. The van der Waals surface area contributed by atoms with Crippen molar-refractivity contribution in [3.05, 3.63) is 94.1 Å². The minimum atomic E-state index is -0.956. The molecule has 1 aliphatic rings.